The molecule has 26 heavy (non-hydrogen) atoms. The fraction of sp³-hybridized carbons (Fsp3) is 0.316. The van der Waals surface area contributed by atoms with Crippen molar-refractivity contribution in [2.45, 2.75) is 26.4 Å². The average molecular weight is 358 g/mol. The van der Waals surface area contributed by atoms with Crippen molar-refractivity contribution in [1.82, 2.24) is 4.90 Å². The molecule has 0 amide bonds. The normalized spacial score (nSPS) is 10.7. The highest BCUT2D eigenvalue weighted by molar-refractivity contribution is 5.66. The molecule has 7 heteroatoms. The number of carbonyl (C=O) groups is 1. The summed E-state index contributed by atoms with van der Waals surface area (Å²) in [5, 5.41) is 20.2. The van der Waals surface area contributed by atoms with Crippen LogP contribution < -0.4 is 4.74 Å². The summed E-state index contributed by atoms with van der Waals surface area (Å²) in [5.41, 5.74) is 2.83. The summed E-state index contributed by atoms with van der Waals surface area (Å²) in [6.07, 6.45) is 0.00403. The van der Waals surface area contributed by atoms with E-state index < -0.39 is 10.9 Å². The van der Waals surface area contributed by atoms with Gasteiger partial charge in [0.15, 0.2) is 5.75 Å². The summed E-state index contributed by atoms with van der Waals surface area (Å²) < 4.78 is 5.02. The molecule has 1 N–H and O–H groups in total. The lowest BCUT2D eigenvalue weighted by atomic mass is 10.1. The molecule has 0 saturated heterocycles. The number of carboxylic acid groups (broad SMARTS) is 1. The van der Waals surface area contributed by atoms with Crippen molar-refractivity contribution in [2.24, 2.45) is 0 Å². The first-order valence-corrected chi connectivity index (χ1v) is 8.20. The minimum Gasteiger partial charge on any atom is -0.490 e. The van der Waals surface area contributed by atoms with Crippen molar-refractivity contribution in [3.05, 3.63) is 69.3 Å². The molecule has 138 valence electrons. The van der Waals surface area contributed by atoms with Gasteiger partial charge >= 0.3 is 11.7 Å². The first kappa shape index (κ1) is 19.4. The van der Waals surface area contributed by atoms with Crippen LogP contribution in [0.15, 0.2) is 42.5 Å². The van der Waals surface area contributed by atoms with Gasteiger partial charge in [0.25, 0.3) is 0 Å². The number of nitro benzene ring substituents is 1. The molecule has 0 aliphatic rings. The zero-order chi connectivity index (χ0) is 19.1. The fourth-order valence-electron chi connectivity index (χ4n) is 2.77. The molecular weight excluding hydrogens is 336 g/mol. The Hall–Kier alpha value is -2.93. The molecule has 2 aromatic rings. The van der Waals surface area contributed by atoms with Gasteiger partial charge in [-0.05, 0) is 24.1 Å². The topological polar surface area (TPSA) is 92.9 Å². The van der Waals surface area contributed by atoms with Crippen molar-refractivity contribution < 1.29 is 19.6 Å². The third kappa shape index (κ3) is 5.56. The van der Waals surface area contributed by atoms with Crippen molar-refractivity contribution in [3.8, 4) is 5.75 Å². The second-order valence-corrected chi connectivity index (χ2v) is 6.11. The van der Waals surface area contributed by atoms with Gasteiger partial charge in [-0.3, -0.25) is 19.8 Å². The monoisotopic (exact) mass is 358 g/mol. The number of aliphatic carboxylic acids is 1. The van der Waals surface area contributed by atoms with E-state index in [9.17, 15) is 14.9 Å². The van der Waals surface area contributed by atoms with Gasteiger partial charge in [0.05, 0.1) is 18.5 Å². The van der Waals surface area contributed by atoms with Gasteiger partial charge in [0, 0.05) is 25.7 Å². The molecule has 0 spiro atoms. The Balaban J connectivity index is 2.21. The van der Waals surface area contributed by atoms with Gasteiger partial charge < -0.3 is 9.84 Å². The zero-order valence-electron chi connectivity index (χ0n) is 14.8. The van der Waals surface area contributed by atoms with Crippen LogP contribution in [-0.4, -0.2) is 34.6 Å². The quantitative estimate of drug-likeness (QED) is 0.545. The maximum absolute atomic E-state index is 11.2. The zero-order valence-corrected chi connectivity index (χ0v) is 14.8. The van der Waals surface area contributed by atoms with Crippen LogP contribution in [0.4, 0.5) is 5.69 Å². The van der Waals surface area contributed by atoms with Gasteiger partial charge in [-0.2, -0.15) is 0 Å². The van der Waals surface area contributed by atoms with Gasteiger partial charge in [0.1, 0.15) is 0 Å². The number of methoxy groups -OCH3 is 1. The number of nitrogens with zero attached hydrogens (tertiary/aromatic N) is 2. The Bertz CT molecular complexity index is 791. The van der Waals surface area contributed by atoms with Crippen LogP contribution in [0.25, 0.3) is 0 Å². The lowest BCUT2D eigenvalue weighted by molar-refractivity contribution is -0.385. The molecule has 0 aliphatic heterocycles. The van der Waals surface area contributed by atoms with E-state index in [-0.39, 0.29) is 17.9 Å². The Kier molecular flexibility index (Phi) is 6.68. The lowest BCUT2D eigenvalue weighted by Crippen LogP contribution is -2.25. The molecule has 0 atom stereocenters. The summed E-state index contributed by atoms with van der Waals surface area (Å²) in [4.78, 5) is 23.6. The van der Waals surface area contributed by atoms with Gasteiger partial charge in [0.2, 0.25) is 0 Å². The van der Waals surface area contributed by atoms with Crippen molar-refractivity contribution in [2.75, 3.05) is 13.7 Å². The molecule has 0 saturated carbocycles. The summed E-state index contributed by atoms with van der Waals surface area (Å²) in [6, 6.07) is 12.8. The number of hydrogen-bond donors (Lipinski definition) is 1. The van der Waals surface area contributed by atoms with E-state index in [2.05, 4.69) is 0 Å². The lowest BCUT2D eigenvalue weighted by Gasteiger charge is -2.22. The fourth-order valence-corrected chi connectivity index (χ4v) is 2.77. The molecule has 2 aromatic carbocycles. The van der Waals surface area contributed by atoms with E-state index in [1.54, 1.807) is 12.1 Å². The van der Waals surface area contributed by atoms with Crippen LogP contribution in [-0.2, 0) is 17.9 Å². The predicted molar refractivity (Wildman–Crippen MR) is 97.2 cm³/mol. The van der Waals surface area contributed by atoms with Gasteiger partial charge in [-0.15, -0.1) is 0 Å². The van der Waals surface area contributed by atoms with Crippen LogP contribution in [0.3, 0.4) is 0 Å². The third-order valence-corrected chi connectivity index (χ3v) is 3.98. The number of nitro groups is 1. The number of hydrogen-bond acceptors (Lipinski definition) is 5. The summed E-state index contributed by atoms with van der Waals surface area (Å²) >= 11 is 0. The molecule has 0 aliphatic carbocycles. The number of ether oxygens (including phenoxy) is 1. The Labute approximate surface area is 152 Å². The van der Waals surface area contributed by atoms with E-state index in [4.69, 9.17) is 9.84 Å². The van der Waals surface area contributed by atoms with Crippen LogP contribution >= 0.6 is 0 Å². The minimum absolute atomic E-state index is 0.00403. The standard InChI is InChI=1S/C19H22N2O5/c1-14-4-3-5-15(10-14)12-20(9-8-19(22)23)13-16-6-7-18(26-2)17(11-16)21(24)25/h3-7,10-11H,8-9,12-13H2,1-2H3,(H,22,23). The number of aryl methyl sites for hydroxylation is 1. The molecule has 0 fully saturated rings. The van der Waals surface area contributed by atoms with Crippen LogP contribution in [0.1, 0.15) is 23.1 Å². The first-order valence-electron chi connectivity index (χ1n) is 8.20. The van der Waals surface area contributed by atoms with Crippen molar-refractivity contribution in [3.63, 3.8) is 0 Å². The minimum atomic E-state index is -0.875. The Morgan fingerprint density at radius 1 is 1.19 bits per heavy atom. The molecule has 2 rings (SSSR count). The second kappa shape index (κ2) is 8.96. The number of rotatable bonds is 9. The van der Waals surface area contributed by atoms with E-state index >= 15 is 0 Å². The number of carboxylic acids is 1. The maximum Gasteiger partial charge on any atom is 0.311 e. The van der Waals surface area contributed by atoms with Gasteiger partial charge in [-0.25, -0.2) is 0 Å². The molecule has 0 aromatic heterocycles. The highest BCUT2D eigenvalue weighted by Crippen LogP contribution is 2.28. The van der Waals surface area contributed by atoms with Crippen LogP contribution in [0.5, 0.6) is 5.75 Å². The molecular formula is C19H22N2O5. The average Bonchev–Trinajstić information content (AvgIpc) is 2.59. The highest BCUT2D eigenvalue weighted by Gasteiger charge is 2.17. The second-order valence-electron chi connectivity index (χ2n) is 6.11. The molecule has 0 unspecified atom stereocenters. The largest absolute Gasteiger partial charge is 0.490 e. The van der Waals surface area contributed by atoms with Crippen LogP contribution in [0.2, 0.25) is 0 Å². The SMILES string of the molecule is COc1ccc(CN(CCC(=O)O)Cc2cccc(C)c2)cc1[N+](=O)[O-]. The Morgan fingerprint density at radius 3 is 2.46 bits per heavy atom. The third-order valence-electron chi connectivity index (χ3n) is 3.98. The molecule has 0 radical (unpaired) electrons. The van der Waals surface area contributed by atoms with E-state index in [0.29, 0.717) is 19.6 Å². The van der Waals surface area contributed by atoms with Crippen molar-refractivity contribution in [1.29, 1.82) is 0 Å². The van der Waals surface area contributed by atoms with Crippen molar-refractivity contribution >= 4 is 11.7 Å². The maximum atomic E-state index is 11.2. The predicted octanol–water partition coefficient (Wildman–Crippen LogP) is 3.39. The van der Waals surface area contributed by atoms with Gasteiger partial charge in [-0.1, -0.05) is 35.9 Å². The van der Waals surface area contributed by atoms with E-state index in [1.807, 2.05) is 36.1 Å². The smallest absolute Gasteiger partial charge is 0.311 e. The van der Waals surface area contributed by atoms with E-state index in [1.165, 1.54) is 13.2 Å². The Morgan fingerprint density at radius 2 is 1.88 bits per heavy atom. The summed E-state index contributed by atoms with van der Waals surface area (Å²) in [6.45, 7) is 3.32. The van der Waals surface area contributed by atoms with Crippen LogP contribution in [0, 0.1) is 17.0 Å². The molecule has 0 bridgehead atoms. The molecule has 7 nitrogen and oxygen atoms in total. The van der Waals surface area contributed by atoms with E-state index in [0.717, 1.165) is 16.7 Å². The summed E-state index contributed by atoms with van der Waals surface area (Å²) in [5.74, 6) is -0.672. The highest BCUT2D eigenvalue weighted by atomic mass is 16.6. The summed E-state index contributed by atoms with van der Waals surface area (Å²) in [7, 11) is 1.39. The number of benzene rings is 2. The molecule has 0 heterocycles. The first-order chi connectivity index (χ1) is 12.4.